The van der Waals surface area contributed by atoms with Gasteiger partial charge in [-0.15, -0.1) is 22.6 Å². The highest BCUT2D eigenvalue weighted by atomic mass is 35.5. The molecule has 6 heteroatoms. The molecule has 2 N–H and O–H groups in total. The average molecular weight is 314 g/mol. The second-order valence-electron chi connectivity index (χ2n) is 4.95. The first-order valence-electron chi connectivity index (χ1n) is 6.33. The fourth-order valence-corrected chi connectivity index (χ4v) is 2.36. The Bertz CT molecular complexity index is 545. The minimum Gasteiger partial charge on any atom is -0.414 e. The van der Waals surface area contributed by atoms with Gasteiger partial charge in [0, 0.05) is 5.75 Å². The fourth-order valence-electron chi connectivity index (χ4n) is 1.65. The van der Waals surface area contributed by atoms with Crippen LogP contribution >= 0.6 is 24.2 Å². The van der Waals surface area contributed by atoms with Gasteiger partial charge in [0.2, 0.25) is 5.89 Å². The molecule has 0 aliphatic heterocycles. The highest BCUT2D eigenvalue weighted by Gasteiger charge is 2.17. The van der Waals surface area contributed by atoms with Gasteiger partial charge in [0.25, 0.3) is 5.22 Å². The molecule has 0 aliphatic carbocycles. The van der Waals surface area contributed by atoms with Crippen molar-refractivity contribution in [2.45, 2.75) is 37.8 Å². The summed E-state index contributed by atoms with van der Waals surface area (Å²) in [4.78, 5) is 0. The lowest BCUT2D eigenvalue weighted by atomic mass is 10.1. The van der Waals surface area contributed by atoms with Gasteiger partial charge >= 0.3 is 0 Å². The summed E-state index contributed by atoms with van der Waals surface area (Å²) in [5.74, 6) is 1.62. The first-order chi connectivity index (χ1) is 9.06. The Labute approximate surface area is 129 Å². The zero-order chi connectivity index (χ0) is 13.8. The zero-order valence-corrected chi connectivity index (χ0v) is 13.5. The summed E-state index contributed by atoms with van der Waals surface area (Å²) in [6.45, 7) is 6.16. The molecule has 2 rings (SSSR count). The molecule has 0 saturated carbocycles. The quantitative estimate of drug-likeness (QED) is 0.852. The van der Waals surface area contributed by atoms with E-state index in [1.165, 1.54) is 22.9 Å². The molecular weight excluding hydrogens is 294 g/mol. The third-order valence-corrected chi connectivity index (χ3v) is 3.76. The van der Waals surface area contributed by atoms with E-state index in [1.54, 1.807) is 0 Å². The number of aryl methyl sites for hydroxylation is 1. The first kappa shape index (κ1) is 17.0. The molecule has 0 fully saturated rings. The van der Waals surface area contributed by atoms with Crippen molar-refractivity contribution in [1.82, 2.24) is 10.2 Å². The molecular formula is C14H20ClN3OS. The third kappa shape index (κ3) is 4.51. The standard InChI is InChI=1S/C14H19N3OS.ClH/c1-9(2)12(15)13-16-17-14(18-13)19-8-11-6-4-5-10(3)7-11;/h4-7,9,12H,8,15H2,1-3H3;1H/t12-;/m0./s1. The molecule has 0 spiro atoms. The van der Waals surface area contributed by atoms with Crippen LogP contribution in [0.15, 0.2) is 33.9 Å². The summed E-state index contributed by atoms with van der Waals surface area (Å²) in [6, 6.07) is 8.20. The number of rotatable bonds is 5. The summed E-state index contributed by atoms with van der Waals surface area (Å²) in [5.41, 5.74) is 8.48. The summed E-state index contributed by atoms with van der Waals surface area (Å²) in [7, 11) is 0. The largest absolute Gasteiger partial charge is 0.414 e. The molecule has 1 atom stereocenters. The zero-order valence-electron chi connectivity index (χ0n) is 11.9. The number of thioether (sulfide) groups is 1. The van der Waals surface area contributed by atoms with Crippen molar-refractivity contribution in [1.29, 1.82) is 0 Å². The normalized spacial score (nSPS) is 12.2. The van der Waals surface area contributed by atoms with Crippen molar-refractivity contribution >= 4 is 24.2 Å². The van der Waals surface area contributed by atoms with Crippen LogP contribution in [0.5, 0.6) is 0 Å². The third-order valence-electron chi connectivity index (χ3n) is 2.87. The highest BCUT2D eigenvalue weighted by molar-refractivity contribution is 7.98. The number of nitrogens with two attached hydrogens (primary N) is 1. The number of aromatic nitrogens is 2. The van der Waals surface area contributed by atoms with Crippen molar-refractivity contribution in [2.24, 2.45) is 11.7 Å². The van der Waals surface area contributed by atoms with Crippen molar-refractivity contribution in [2.75, 3.05) is 0 Å². The monoisotopic (exact) mass is 313 g/mol. The molecule has 0 aliphatic rings. The summed E-state index contributed by atoms with van der Waals surface area (Å²) >= 11 is 1.54. The van der Waals surface area contributed by atoms with E-state index in [0.29, 0.717) is 11.1 Å². The maximum Gasteiger partial charge on any atom is 0.276 e. The predicted molar refractivity (Wildman–Crippen MR) is 84.1 cm³/mol. The van der Waals surface area contributed by atoms with E-state index in [1.807, 2.05) is 13.8 Å². The number of nitrogens with zero attached hydrogens (tertiary/aromatic N) is 2. The Morgan fingerprint density at radius 1 is 1.30 bits per heavy atom. The van der Waals surface area contributed by atoms with Gasteiger partial charge in [0.05, 0.1) is 6.04 Å². The molecule has 110 valence electrons. The van der Waals surface area contributed by atoms with Crippen molar-refractivity contribution in [3.05, 3.63) is 41.3 Å². The van der Waals surface area contributed by atoms with Gasteiger partial charge < -0.3 is 10.2 Å². The van der Waals surface area contributed by atoms with Crippen LogP contribution in [-0.2, 0) is 5.75 Å². The molecule has 0 amide bonds. The van der Waals surface area contributed by atoms with Crippen LogP contribution in [-0.4, -0.2) is 10.2 Å². The molecule has 0 radical (unpaired) electrons. The average Bonchev–Trinajstić information content (AvgIpc) is 2.84. The van der Waals surface area contributed by atoms with Gasteiger partial charge in [-0.05, 0) is 18.4 Å². The molecule has 1 heterocycles. The second kappa shape index (κ2) is 7.67. The van der Waals surface area contributed by atoms with E-state index in [0.717, 1.165) is 5.75 Å². The summed E-state index contributed by atoms with van der Waals surface area (Å²) in [5, 5.41) is 8.60. The Morgan fingerprint density at radius 2 is 2.05 bits per heavy atom. The van der Waals surface area contributed by atoms with E-state index in [2.05, 4.69) is 41.4 Å². The lowest BCUT2D eigenvalue weighted by Crippen LogP contribution is -2.16. The molecule has 1 aromatic carbocycles. The van der Waals surface area contributed by atoms with Crippen molar-refractivity contribution in [3.63, 3.8) is 0 Å². The Hall–Kier alpha value is -1.04. The van der Waals surface area contributed by atoms with E-state index in [9.17, 15) is 0 Å². The summed E-state index contributed by atoms with van der Waals surface area (Å²) < 4.78 is 5.57. The van der Waals surface area contributed by atoms with Crippen LogP contribution in [0.3, 0.4) is 0 Å². The van der Waals surface area contributed by atoms with Gasteiger partial charge in [0.1, 0.15) is 0 Å². The Balaban J connectivity index is 0.00000200. The fraction of sp³-hybridized carbons (Fsp3) is 0.429. The van der Waals surface area contributed by atoms with Crippen LogP contribution < -0.4 is 5.73 Å². The first-order valence-corrected chi connectivity index (χ1v) is 7.32. The maximum absolute atomic E-state index is 5.97. The minimum atomic E-state index is -0.194. The predicted octanol–water partition coefficient (Wildman–Crippen LogP) is 3.75. The number of benzene rings is 1. The van der Waals surface area contributed by atoms with E-state index in [-0.39, 0.29) is 24.4 Å². The molecule has 20 heavy (non-hydrogen) atoms. The highest BCUT2D eigenvalue weighted by Crippen LogP contribution is 2.25. The SMILES string of the molecule is Cc1cccc(CSc2nnc([C@@H](N)C(C)C)o2)c1.Cl. The van der Waals surface area contributed by atoms with E-state index < -0.39 is 0 Å². The number of hydrogen-bond donors (Lipinski definition) is 1. The molecule has 0 unspecified atom stereocenters. The Kier molecular flexibility index (Phi) is 6.52. The van der Waals surface area contributed by atoms with Gasteiger partial charge in [-0.25, -0.2) is 0 Å². The summed E-state index contributed by atoms with van der Waals surface area (Å²) in [6.07, 6.45) is 0. The van der Waals surface area contributed by atoms with Gasteiger partial charge in [-0.3, -0.25) is 0 Å². The van der Waals surface area contributed by atoms with Crippen molar-refractivity contribution < 1.29 is 4.42 Å². The molecule has 0 saturated heterocycles. The molecule has 0 bridgehead atoms. The molecule has 2 aromatic rings. The molecule has 4 nitrogen and oxygen atoms in total. The lowest BCUT2D eigenvalue weighted by Gasteiger charge is -2.09. The van der Waals surface area contributed by atoms with Crippen LogP contribution in [0.25, 0.3) is 0 Å². The van der Waals surface area contributed by atoms with Gasteiger partial charge in [-0.1, -0.05) is 55.4 Å². The number of halogens is 1. The van der Waals surface area contributed by atoms with Crippen LogP contribution in [0, 0.1) is 12.8 Å². The smallest absolute Gasteiger partial charge is 0.276 e. The lowest BCUT2D eigenvalue weighted by molar-refractivity contribution is 0.349. The Morgan fingerprint density at radius 3 is 2.70 bits per heavy atom. The maximum atomic E-state index is 5.97. The minimum absolute atomic E-state index is 0. The van der Waals surface area contributed by atoms with Crippen LogP contribution in [0.1, 0.15) is 36.9 Å². The topological polar surface area (TPSA) is 64.9 Å². The van der Waals surface area contributed by atoms with E-state index in [4.69, 9.17) is 10.2 Å². The van der Waals surface area contributed by atoms with E-state index >= 15 is 0 Å². The van der Waals surface area contributed by atoms with Crippen molar-refractivity contribution in [3.8, 4) is 0 Å². The van der Waals surface area contributed by atoms with Gasteiger partial charge in [-0.2, -0.15) is 0 Å². The van der Waals surface area contributed by atoms with Crippen LogP contribution in [0.2, 0.25) is 0 Å². The number of hydrogen-bond acceptors (Lipinski definition) is 5. The van der Waals surface area contributed by atoms with Crippen LogP contribution in [0.4, 0.5) is 0 Å². The second-order valence-corrected chi connectivity index (χ2v) is 5.88. The molecule has 1 aromatic heterocycles. The van der Waals surface area contributed by atoms with Gasteiger partial charge in [0.15, 0.2) is 0 Å².